The minimum absolute atomic E-state index is 0.109. The Kier molecular flexibility index (Phi) is 5.66. The van der Waals surface area contributed by atoms with Crippen LogP contribution in [-0.4, -0.2) is 49.0 Å². The lowest BCUT2D eigenvalue weighted by molar-refractivity contribution is -0.126. The largest absolute Gasteiger partial charge is 0.497 e. The number of nitrogens with zero attached hydrogens (tertiary/aromatic N) is 2. The highest BCUT2D eigenvalue weighted by Gasteiger charge is 2.44. The zero-order valence-corrected chi connectivity index (χ0v) is 17.6. The number of benzene rings is 2. The van der Waals surface area contributed by atoms with Crippen molar-refractivity contribution in [1.29, 1.82) is 0 Å². The van der Waals surface area contributed by atoms with Gasteiger partial charge in [0, 0.05) is 18.7 Å². The van der Waals surface area contributed by atoms with Gasteiger partial charge in [0.15, 0.2) is 0 Å². The molecular formula is C24H25N3O4. The molecule has 2 aliphatic heterocycles. The number of hydrogen-bond donors (Lipinski definition) is 1. The van der Waals surface area contributed by atoms with Crippen molar-refractivity contribution in [2.75, 3.05) is 27.3 Å². The van der Waals surface area contributed by atoms with Crippen molar-refractivity contribution < 1.29 is 19.1 Å². The summed E-state index contributed by atoms with van der Waals surface area (Å²) >= 11 is 0. The van der Waals surface area contributed by atoms with Crippen molar-refractivity contribution in [3.8, 4) is 11.5 Å². The van der Waals surface area contributed by atoms with Crippen LogP contribution in [-0.2, 0) is 11.3 Å². The molecule has 2 aliphatic rings. The normalized spacial score (nSPS) is 18.1. The maximum Gasteiger partial charge on any atom is 0.322 e. The van der Waals surface area contributed by atoms with Gasteiger partial charge >= 0.3 is 6.03 Å². The van der Waals surface area contributed by atoms with E-state index in [-0.39, 0.29) is 11.9 Å². The Labute approximate surface area is 181 Å². The van der Waals surface area contributed by atoms with Gasteiger partial charge in [-0.05, 0) is 23.8 Å². The number of nitrogens with one attached hydrogen (secondary N) is 1. The van der Waals surface area contributed by atoms with Gasteiger partial charge in [-0.2, -0.15) is 0 Å². The molecule has 1 atom stereocenters. The fourth-order valence-corrected chi connectivity index (χ4v) is 4.10. The molecule has 0 aliphatic carbocycles. The van der Waals surface area contributed by atoms with Gasteiger partial charge in [0.05, 0.1) is 38.1 Å². The first-order valence-corrected chi connectivity index (χ1v) is 10.0. The van der Waals surface area contributed by atoms with Gasteiger partial charge in [-0.15, -0.1) is 6.58 Å². The van der Waals surface area contributed by atoms with Gasteiger partial charge in [0.25, 0.3) is 5.91 Å². The first-order chi connectivity index (χ1) is 15.1. The van der Waals surface area contributed by atoms with Crippen molar-refractivity contribution in [2.24, 2.45) is 0 Å². The number of hydrogen-bond acceptors (Lipinski definition) is 4. The number of carbonyl (C=O) groups is 2. The second-order valence-corrected chi connectivity index (χ2v) is 7.40. The molecule has 0 saturated carbocycles. The molecule has 0 aromatic heterocycles. The van der Waals surface area contributed by atoms with E-state index in [4.69, 9.17) is 9.47 Å². The third-order valence-corrected chi connectivity index (χ3v) is 5.57. The highest BCUT2D eigenvalue weighted by molar-refractivity contribution is 6.01. The Hall–Kier alpha value is -3.74. The van der Waals surface area contributed by atoms with Crippen LogP contribution in [0.3, 0.4) is 0 Å². The van der Waals surface area contributed by atoms with Crippen molar-refractivity contribution >= 4 is 11.9 Å². The van der Waals surface area contributed by atoms with Crippen LogP contribution in [0, 0.1) is 0 Å². The molecule has 2 aromatic carbocycles. The highest BCUT2D eigenvalue weighted by Crippen LogP contribution is 2.40. The van der Waals surface area contributed by atoms with E-state index in [2.05, 4.69) is 11.9 Å². The topological polar surface area (TPSA) is 71.1 Å². The molecule has 0 radical (unpaired) electrons. The Morgan fingerprint density at radius 2 is 1.90 bits per heavy atom. The van der Waals surface area contributed by atoms with E-state index in [1.165, 1.54) is 0 Å². The fraction of sp³-hybridized carbons (Fsp3) is 0.250. The van der Waals surface area contributed by atoms with E-state index < -0.39 is 6.04 Å². The Morgan fingerprint density at radius 1 is 1.13 bits per heavy atom. The van der Waals surface area contributed by atoms with E-state index in [0.29, 0.717) is 48.0 Å². The molecule has 0 saturated heterocycles. The van der Waals surface area contributed by atoms with Crippen molar-refractivity contribution in [3.63, 3.8) is 0 Å². The molecular weight excluding hydrogens is 394 g/mol. The first kappa shape index (κ1) is 20.5. The van der Waals surface area contributed by atoms with Crippen LogP contribution >= 0.6 is 0 Å². The molecule has 4 rings (SSSR count). The van der Waals surface area contributed by atoms with E-state index in [0.717, 1.165) is 5.56 Å². The number of carbonyl (C=O) groups excluding carboxylic acids is 2. The summed E-state index contributed by atoms with van der Waals surface area (Å²) in [5.41, 5.74) is 2.94. The molecule has 31 heavy (non-hydrogen) atoms. The monoisotopic (exact) mass is 419 g/mol. The maximum atomic E-state index is 13.5. The van der Waals surface area contributed by atoms with Gasteiger partial charge in [-0.25, -0.2) is 4.79 Å². The fourth-order valence-electron chi connectivity index (χ4n) is 4.10. The van der Waals surface area contributed by atoms with Crippen LogP contribution in [0.25, 0.3) is 0 Å². The third-order valence-electron chi connectivity index (χ3n) is 5.57. The number of amides is 3. The summed E-state index contributed by atoms with van der Waals surface area (Å²) in [5, 5.41) is 2.98. The third kappa shape index (κ3) is 3.74. The SMILES string of the molecule is C=CCN1C(=O)N[C@@H](c2cc(OC)ccc2OC)C2=C1CN(Cc1ccccc1)C2=O. The Bertz CT molecular complexity index is 1050. The molecule has 0 unspecified atom stereocenters. The predicted octanol–water partition coefficient (Wildman–Crippen LogP) is 3.25. The molecule has 3 amide bonds. The van der Waals surface area contributed by atoms with Crippen molar-refractivity contribution in [1.82, 2.24) is 15.1 Å². The maximum absolute atomic E-state index is 13.5. The summed E-state index contributed by atoms with van der Waals surface area (Å²) < 4.78 is 10.9. The summed E-state index contributed by atoms with van der Waals surface area (Å²) in [6.07, 6.45) is 1.65. The number of urea groups is 1. The summed E-state index contributed by atoms with van der Waals surface area (Å²) in [6.45, 7) is 4.89. The van der Waals surface area contributed by atoms with Crippen LogP contribution < -0.4 is 14.8 Å². The molecule has 0 fully saturated rings. The second kappa shape index (κ2) is 8.55. The Morgan fingerprint density at radius 3 is 2.58 bits per heavy atom. The summed E-state index contributed by atoms with van der Waals surface area (Å²) in [5.74, 6) is 1.08. The second-order valence-electron chi connectivity index (χ2n) is 7.40. The minimum atomic E-state index is -0.637. The van der Waals surface area contributed by atoms with Gasteiger partial charge < -0.3 is 19.7 Å². The number of ether oxygens (including phenoxy) is 2. The summed E-state index contributed by atoms with van der Waals surface area (Å²) in [7, 11) is 3.14. The lowest BCUT2D eigenvalue weighted by atomic mass is 9.94. The standard InChI is InChI=1S/C24H25N3O4/c1-4-12-27-19-15-26(14-16-8-6-5-7-9-16)23(28)21(19)22(25-24(27)29)18-13-17(30-2)10-11-20(18)31-3/h4-11,13,22H,1,12,14-15H2,2-3H3,(H,25,29)/t22-/m0/s1. The van der Waals surface area contributed by atoms with Crippen molar-refractivity contribution in [3.05, 3.63) is 83.6 Å². The zero-order chi connectivity index (χ0) is 22.0. The van der Waals surface area contributed by atoms with E-state index in [1.807, 2.05) is 30.3 Å². The van der Waals surface area contributed by atoms with Crippen LogP contribution in [0.5, 0.6) is 11.5 Å². The number of methoxy groups -OCH3 is 2. The van der Waals surface area contributed by atoms with E-state index in [9.17, 15) is 9.59 Å². The average molecular weight is 419 g/mol. The first-order valence-electron chi connectivity index (χ1n) is 10.0. The average Bonchev–Trinajstić information content (AvgIpc) is 3.11. The van der Waals surface area contributed by atoms with Gasteiger partial charge in [-0.1, -0.05) is 36.4 Å². The summed E-state index contributed by atoms with van der Waals surface area (Å²) in [4.78, 5) is 29.8. The quantitative estimate of drug-likeness (QED) is 0.700. The molecule has 7 heteroatoms. The highest BCUT2D eigenvalue weighted by atomic mass is 16.5. The smallest absolute Gasteiger partial charge is 0.322 e. The number of rotatable bonds is 7. The molecule has 0 bridgehead atoms. The lowest BCUT2D eigenvalue weighted by Gasteiger charge is -2.33. The van der Waals surface area contributed by atoms with Crippen LogP contribution in [0.2, 0.25) is 0 Å². The Balaban J connectivity index is 1.77. The van der Waals surface area contributed by atoms with E-state index in [1.54, 1.807) is 48.3 Å². The molecule has 0 spiro atoms. The molecule has 160 valence electrons. The van der Waals surface area contributed by atoms with Crippen LogP contribution in [0.1, 0.15) is 17.2 Å². The van der Waals surface area contributed by atoms with Crippen LogP contribution in [0.15, 0.2) is 72.5 Å². The minimum Gasteiger partial charge on any atom is -0.497 e. The lowest BCUT2D eigenvalue weighted by Crippen LogP contribution is -2.47. The van der Waals surface area contributed by atoms with Gasteiger partial charge in [-0.3, -0.25) is 9.69 Å². The van der Waals surface area contributed by atoms with Crippen LogP contribution in [0.4, 0.5) is 4.79 Å². The zero-order valence-electron chi connectivity index (χ0n) is 17.6. The van der Waals surface area contributed by atoms with Gasteiger partial charge in [0.2, 0.25) is 0 Å². The molecule has 1 N–H and O–H groups in total. The molecule has 7 nitrogen and oxygen atoms in total. The van der Waals surface area contributed by atoms with Crippen molar-refractivity contribution in [2.45, 2.75) is 12.6 Å². The van der Waals surface area contributed by atoms with E-state index >= 15 is 0 Å². The molecule has 2 heterocycles. The predicted molar refractivity (Wildman–Crippen MR) is 117 cm³/mol. The van der Waals surface area contributed by atoms with Gasteiger partial charge in [0.1, 0.15) is 11.5 Å². The molecule has 2 aromatic rings. The summed E-state index contributed by atoms with van der Waals surface area (Å²) in [6, 6.07) is 14.2.